The number of morpholine rings is 1. The van der Waals surface area contributed by atoms with E-state index in [0.717, 1.165) is 0 Å². The van der Waals surface area contributed by atoms with E-state index >= 15 is 0 Å². The lowest BCUT2D eigenvalue weighted by Crippen LogP contribution is -2.49. The Hall–Kier alpha value is -1.95. The second-order valence-corrected chi connectivity index (χ2v) is 5.16. The van der Waals surface area contributed by atoms with Crippen molar-refractivity contribution < 1.29 is 19.0 Å². The number of rotatable bonds is 3. The van der Waals surface area contributed by atoms with Crippen LogP contribution in [0.1, 0.15) is 13.8 Å². The van der Waals surface area contributed by atoms with Gasteiger partial charge in [-0.05, 0) is 26.0 Å². The zero-order valence-corrected chi connectivity index (χ0v) is 12.9. The van der Waals surface area contributed by atoms with Gasteiger partial charge in [0.15, 0.2) is 0 Å². The molecule has 0 aliphatic carbocycles. The lowest BCUT2D eigenvalue weighted by atomic mass is 10.2. The summed E-state index contributed by atoms with van der Waals surface area (Å²) in [7, 11) is 3.15. The quantitative estimate of drug-likeness (QED) is 0.929. The SMILES string of the molecule is COc1ccc(NC(=O)N2C[C@H](C)O[C@@H](C)C2)c(OC)c1. The summed E-state index contributed by atoms with van der Waals surface area (Å²) in [6, 6.07) is 5.13. The second-order valence-electron chi connectivity index (χ2n) is 5.16. The highest BCUT2D eigenvalue weighted by Gasteiger charge is 2.26. The molecule has 116 valence electrons. The Morgan fingerprint density at radius 3 is 2.48 bits per heavy atom. The van der Waals surface area contributed by atoms with E-state index < -0.39 is 0 Å². The molecule has 6 nitrogen and oxygen atoms in total. The third kappa shape index (κ3) is 3.78. The molecule has 0 saturated carbocycles. The first-order chi connectivity index (χ1) is 10.0. The number of carbonyl (C=O) groups is 1. The monoisotopic (exact) mass is 294 g/mol. The number of hydrogen-bond donors (Lipinski definition) is 1. The molecule has 1 aromatic rings. The summed E-state index contributed by atoms with van der Waals surface area (Å²) < 4.78 is 16.1. The zero-order chi connectivity index (χ0) is 15.4. The van der Waals surface area contributed by atoms with Gasteiger partial charge in [0.1, 0.15) is 11.5 Å². The molecule has 0 spiro atoms. The first-order valence-corrected chi connectivity index (χ1v) is 6.97. The maximum absolute atomic E-state index is 12.4. The largest absolute Gasteiger partial charge is 0.497 e. The highest BCUT2D eigenvalue weighted by atomic mass is 16.5. The van der Waals surface area contributed by atoms with Crippen molar-refractivity contribution in [2.24, 2.45) is 0 Å². The molecule has 1 heterocycles. The van der Waals surface area contributed by atoms with Gasteiger partial charge < -0.3 is 24.4 Å². The van der Waals surface area contributed by atoms with E-state index in [2.05, 4.69) is 5.32 Å². The van der Waals surface area contributed by atoms with Crippen molar-refractivity contribution in [2.75, 3.05) is 32.6 Å². The molecule has 0 radical (unpaired) electrons. The van der Waals surface area contributed by atoms with Gasteiger partial charge in [-0.25, -0.2) is 4.79 Å². The molecule has 1 aliphatic heterocycles. The molecular weight excluding hydrogens is 272 g/mol. The lowest BCUT2D eigenvalue weighted by Gasteiger charge is -2.35. The molecule has 2 atom stereocenters. The number of amides is 2. The van der Waals surface area contributed by atoms with Gasteiger partial charge in [0.2, 0.25) is 0 Å². The summed E-state index contributed by atoms with van der Waals surface area (Å²) >= 11 is 0. The van der Waals surface area contributed by atoms with Gasteiger partial charge in [0, 0.05) is 19.2 Å². The standard InChI is InChI=1S/C15H22N2O4/c1-10-8-17(9-11(2)21-10)15(18)16-13-6-5-12(19-3)7-14(13)20-4/h5-7,10-11H,8-9H2,1-4H3,(H,16,18)/t10-,11-/m0/s1. The Bertz CT molecular complexity index is 496. The number of nitrogens with one attached hydrogen (secondary N) is 1. The number of nitrogens with zero attached hydrogens (tertiary/aromatic N) is 1. The smallest absolute Gasteiger partial charge is 0.322 e. The summed E-state index contributed by atoms with van der Waals surface area (Å²) in [5, 5.41) is 2.87. The number of ether oxygens (including phenoxy) is 3. The summed E-state index contributed by atoms with van der Waals surface area (Å²) in [5.41, 5.74) is 0.620. The highest BCUT2D eigenvalue weighted by Crippen LogP contribution is 2.29. The van der Waals surface area contributed by atoms with E-state index in [1.807, 2.05) is 13.8 Å². The van der Waals surface area contributed by atoms with Gasteiger partial charge in [-0.1, -0.05) is 0 Å². The molecule has 2 amide bonds. The Morgan fingerprint density at radius 2 is 1.90 bits per heavy atom. The maximum atomic E-state index is 12.4. The van der Waals surface area contributed by atoms with Crippen LogP contribution in [0.2, 0.25) is 0 Å². The molecule has 21 heavy (non-hydrogen) atoms. The zero-order valence-electron chi connectivity index (χ0n) is 12.9. The first kappa shape index (κ1) is 15.4. The van der Waals surface area contributed by atoms with E-state index in [1.165, 1.54) is 0 Å². The third-order valence-corrected chi connectivity index (χ3v) is 3.36. The fraction of sp³-hybridized carbons (Fsp3) is 0.533. The Balaban J connectivity index is 2.08. The van der Waals surface area contributed by atoms with Crippen molar-refractivity contribution >= 4 is 11.7 Å². The van der Waals surface area contributed by atoms with Gasteiger partial charge >= 0.3 is 6.03 Å². The fourth-order valence-corrected chi connectivity index (χ4v) is 2.44. The van der Waals surface area contributed by atoms with E-state index in [9.17, 15) is 4.79 Å². The van der Waals surface area contributed by atoms with Gasteiger partial charge in [-0.15, -0.1) is 0 Å². The molecule has 1 saturated heterocycles. The minimum absolute atomic E-state index is 0.0391. The van der Waals surface area contributed by atoms with Crippen LogP contribution in [0.5, 0.6) is 11.5 Å². The average Bonchev–Trinajstić information content (AvgIpc) is 2.46. The van der Waals surface area contributed by atoms with Crippen LogP contribution in [0.3, 0.4) is 0 Å². The van der Waals surface area contributed by atoms with E-state index in [-0.39, 0.29) is 18.2 Å². The normalized spacial score (nSPS) is 21.8. The average molecular weight is 294 g/mol. The molecule has 1 aliphatic rings. The second kappa shape index (κ2) is 6.67. The van der Waals surface area contributed by atoms with Crippen LogP contribution in [0.25, 0.3) is 0 Å². The van der Waals surface area contributed by atoms with Crippen LogP contribution in [0.4, 0.5) is 10.5 Å². The number of urea groups is 1. The molecule has 1 aromatic carbocycles. The van der Waals surface area contributed by atoms with E-state index in [0.29, 0.717) is 30.3 Å². The van der Waals surface area contributed by atoms with Crippen molar-refractivity contribution in [1.82, 2.24) is 4.90 Å². The van der Waals surface area contributed by atoms with Crippen LogP contribution in [0.15, 0.2) is 18.2 Å². The van der Waals surface area contributed by atoms with Gasteiger partial charge in [-0.3, -0.25) is 0 Å². The predicted molar refractivity (Wildman–Crippen MR) is 80.1 cm³/mol. The van der Waals surface area contributed by atoms with Crippen molar-refractivity contribution in [1.29, 1.82) is 0 Å². The van der Waals surface area contributed by atoms with Crippen molar-refractivity contribution in [3.8, 4) is 11.5 Å². The summed E-state index contributed by atoms with van der Waals surface area (Å²) in [5.74, 6) is 1.25. The maximum Gasteiger partial charge on any atom is 0.322 e. The third-order valence-electron chi connectivity index (χ3n) is 3.36. The molecule has 6 heteroatoms. The van der Waals surface area contributed by atoms with E-state index in [1.54, 1.807) is 37.3 Å². The van der Waals surface area contributed by atoms with Gasteiger partial charge in [0.25, 0.3) is 0 Å². The minimum atomic E-state index is -0.152. The Morgan fingerprint density at radius 1 is 1.24 bits per heavy atom. The molecule has 1 N–H and O–H groups in total. The first-order valence-electron chi connectivity index (χ1n) is 6.97. The summed E-state index contributed by atoms with van der Waals surface area (Å²) in [6.45, 7) is 5.08. The van der Waals surface area contributed by atoms with Crippen LogP contribution in [-0.2, 0) is 4.74 Å². The number of methoxy groups -OCH3 is 2. The van der Waals surface area contributed by atoms with Crippen molar-refractivity contribution in [3.63, 3.8) is 0 Å². The summed E-state index contributed by atoms with van der Waals surface area (Å²) in [6.07, 6.45) is 0.0783. The number of anilines is 1. The number of carbonyl (C=O) groups excluding carboxylic acids is 1. The van der Waals surface area contributed by atoms with Crippen molar-refractivity contribution in [2.45, 2.75) is 26.1 Å². The lowest BCUT2D eigenvalue weighted by molar-refractivity contribution is -0.0530. The molecule has 1 fully saturated rings. The molecule has 0 aromatic heterocycles. The molecule has 0 unspecified atom stereocenters. The highest BCUT2D eigenvalue weighted by molar-refractivity contribution is 5.91. The Labute approximate surface area is 125 Å². The van der Waals surface area contributed by atoms with Gasteiger partial charge in [-0.2, -0.15) is 0 Å². The number of hydrogen-bond acceptors (Lipinski definition) is 4. The number of benzene rings is 1. The van der Waals surface area contributed by atoms with Crippen LogP contribution < -0.4 is 14.8 Å². The van der Waals surface area contributed by atoms with Crippen LogP contribution >= 0.6 is 0 Å². The van der Waals surface area contributed by atoms with Crippen LogP contribution in [-0.4, -0.2) is 50.4 Å². The molecule has 2 rings (SSSR count). The summed E-state index contributed by atoms with van der Waals surface area (Å²) in [4.78, 5) is 14.1. The predicted octanol–water partition coefficient (Wildman–Crippen LogP) is 2.34. The minimum Gasteiger partial charge on any atom is -0.497 e. The molecule has 0 bridgehead atoms. The Kier molecular flexibility index (Phi) is 4.90. The fourth-order valence-electron chi connectivity index (χ4n) is 2.44. The van der Waals surface area contributed by atoms with Gasteiger partial charge in [0.05, 0.1) is 32.1 Å². The van der Waals surface area contributed by atoms with E-state index in [4.69, 9.17) is 14.2 Å². The molecular formula is C15H22N2O4. The topological polar surface area (TPSA) is 60.0 Å². The van der Waals surface area contributed by atoms with Crippen molar-refractivity contribution in [3.05, 3.63) is 18.2 Å². The van der Waals surface area contributed by atoms with Crippen LogP contribution in [0, 0.1) is 0 Å².